The first-order valence-electron chi connectivity index (χ1n) is 5.26. The fraction of sp³-hybridized carbons (Fsp3) is 0.100. The zero-order valence-electron chi connectivity index (χ0n) is 9.66. The molecule has 9 heteroatoms. The summed E-state index contributed by atoms with van der Waals surface area (Å²) < 4.78 is 15.5. The van der Waals surface area contributed by atoms with E-state index >= 15 is 0 Å². The van der Waals surface area contributed by atoms with Crippen LogP contribution < -0.4 is 11.1 Å². The summed E-state index contributed by atoms with van der Waals surface area (Å²) in [5, 5.41) is 7.58. The molecular formula is C10H7FN6O2. The van der Waals surface area contributed by atoms with Gasteiger partial charge in [-0.05, 0) is 6.92 Å². The molecule has 19 heavy (non-hydrogen) atoms. The number of H-pyrrole nitrogens is 1. The minimum absolute atomic E-state index is 0.151. The van der Waals surface area contributed by atoms with E-state index in [0.717, 1.165) is 21.6 Å². The molecule has 96 valence electrons. The molecule has 0 aliphatic heterocycles. The Labute approximate surface area is 104 Å². The predicted octanol–water partition coefficient (Wildman–Crippen LogP) is -0.589. The van der Waals surface area contributed by atoms with Crippen molar-refractivity contribution < 1.29 is 4.39 Å². The summed E-state index contributed by atoms with van der Waals surface area (Å²) in [6, 6.07) is 0. The van der Waals surface area contributed by atoms with Gasteiger partial charge in [-0.1, -0.05) is 0 Å². The number of aromatic nitrogens is 6. The Morgan fingerprint density at radius 2 is 2.11 bits per heavy atom. The van der Waals surface area contributed by atoms with Gasteiger partial charge in [0.25, 0.3) is 11.1 Å². The number of aryl methyl sites for hydroxylation is 1. The van der Waals surface area contributed by atoms with E-state index < -0.39 is 16.9 Å². The molecule has 0 atom stereocenters. The number of hydrogen-bond donors (Lipinski definition) is 1. The third-order valence-electron chi connectivity index (χ3n) is 2.56. The van der Waals surface area contributed by atoms with Crippen LogP contribution in [0.25, 0.3) is 11.3 Å². The van der Waals surface area contributed by atoms with Crippen LogP contribution in [0.4, 0.5) is 4.39 Å². The van der Waals surface area contributed by atoms with Crippen LogP contribution in [-0.2, 0) is 0 Å². The average Bonchev–Trinajstić information content (AvgIpc) is 2.73. The Kier molecular flexibility index (Phi) is 2.27. The predicted molar refractivity (Wildman–Crippen MR) is 61.7 cm³/mol. The van der Waals surface area contributed by atoms with Gasteiger partial charge >= 0.3 is 0 Å². The Morgan fingerprint density at radius 3 is 2.79 bits per heavy atom. The van der Waals surface area contributed by atoms with E-state index in [1.165, 1.54) is 6.20 Å². The number of hydrogen-bond acceptors (Lipinski definition) is 5. The molecule has 1 N–H and O–H groups in total. The minimum Gasteiger partial charge on any atom is -0.324 e. The van der Waals surface area contributed by atoms with Gasteiger partial charge in [-0.15, -0.1) is 9.73 Å². The Balaban J connectivity index is 2.40. The first-order chi connectivity index (χ1) is 9.08. The normalized spacial score (nSPS) is 11.1. The lowest BCUT2D eigenvalue weighted by Crippen LogP contribution is -2.27. The van der Waals surface area contributed by atoms with E-state index in [1.54, 1.807) is 6.92 Å². The van der Waals surface area contributed by atoms with Crippen molar-refractivity contribution in [2.45, 2.75) is 6.92 Å². The zero-order valence-corrected chi connectivity index (χ0v) is 9.66. The second kappa shape index (κ2) is 3.83. The summed E-state index contributed by atoms with van der Waals surface area (Å²) in [5.41, 5.74) is -1.33. The molecule has 3 heterocycles. The lowest BCUT2D eigenvalue weighted by Gasteiger charge is -2.07. The monoisotopic (exact) mass is 262 g/mol. The Bertz CT molecular complexity index is 873. The highest BCUT2D eigenvalue weighted by atomic mass is 19.1. The summed E-state index contributed by atoms with van der Waals surface area (Å²) in [6.45, 7) is 1.55. The van der Waals surface area contributed by atoms with Gasteiger partial charge in [-0.25, -0.2) is 13.9 Å². The number of nitrogens with zero attached hydrogens (tertiary/aromatic N) is 5. The molecule has 0 spiro atoms. The van der Waals surface area contributed by atoms with Gasteiger partial charge < -0.3 is 4.98 Å². The van der Waals surface area contributed by atoms with Crippen LogP contribution in [0.15, 0.2) is 28.2 Å². The smallest absolute Gasteiger partial charge is 0.288 e. The molecule has 3 rings (SSSR count). The summed E-state index contributed by atoms with van der Waals surface area (Å²) in [5.74, 6) is -0.353. The second-order valence-corrected chi connectivity index (χ2v) is 3.79. The molecule has 0 radical (unpaired) electrons. The van der Waals surface area contributed by atoms with Gasteiger partial charge in [-0.3, -0.25) is 9.59 Å². The number of rotatable bonds is 1. The summed E-state index contributed by atoms with van der Waals surface area (Å²) in [4.78, 5) is 29.4. The molecule has 0 amide bonds. The zero-order chi connectivity index (χ0) is 13.6. The summed E-state index contributed by atoms with van der Waals surface area (Å²) in [7, 11) is 0. The highest BCUT2D eigenvalue weighted by Crippen LogP contribution is 2.05. The first kappa shape index (κ1) is 11.3. The van der Waals surface area contributed by atoms with Crippen LogP contribution >= 0.6 is 0 Å². The third kappa shape index (κ3) is 1.63. The average molecular weight is 262 g/mol. The van der Waals surface area contributed by atoms with Crippen molar-refractivity contribution in [1.29, 1.82) is 0 Å². The molecule has 0 unspecified atom stereocenters. The van der Waals surface area contributed by atoms with E-state index in [-0.39, 0.29) is 17.2 Å². The van der Waals surface area contributed by atoms with Gasteiger partial charge in [0, 0.05) is 6.20 Å². The van der Waals surface area contributed by atoms with Crippen LogP contribution in [0.1, 0.15) is 5.82 Å². The molecule has 8 nitrogen and oxygen atoms in total. The van der Waals surface area contributed by atoms with Gasteiger partial charge in [0.1, 0.15) is 5.82 Å². The SMILES string of the molecule is Cc1nn2ncc(F)c2c(=O)n1-c1c[nH]c(=O)cn1. The van der Waals surface area contributed by atoms with Gasteiger partial charge in [-0.2, -0.15) is 5.10 Å². The number of aromatic amines is 1. The highest BCUT2D eigenvalue weighted by molar-refractivity contribution is 5.45. The van der Waals surface area contributed by atoms with Crippen molar-refractivity contribution in [2.75, 3.05) is 0 Å². The molecule has 3 aromatic heterocycles. The molecule has 0 aromatic carbocycles. The van der Waals surface area contributed by atoms with E-state index in [2.05, 4.69) is 20.2 Å². The number of halogens is 1. The van der Waals surface area contributed by atoms with Crippen molar-refractivity contribution in [3.63, 3.8) is 0 Å². The van der Waals surface area contributed by atoms with Crippen LogP contribution in [0, 0.1) is 12.7 Å². The van der Waals surface area contributed by atoms with Crippen molar-refractivity contribution in [2.24, 2.45) is 0 Å². The maximum atomic E-state index is 13.5. The topological polar surface area (TPSA) is 97.9 Å². The van der Waals surface area contributed by atoms with E-state index in [9.17, 15) is 14.0 Å². The van der Waals surface area contributed by atoms with Crippen molar-refractivity contribution in [3.8, 4) is 5.82 Å². The minimum atomic E-state index is -0.768. The fourth-order valence-corrected chi connectivity index (χ4v) is 1.75. The van der Waals surface area contributed by atoms with E-state index in [1.807, 2.05) is 0 Å². The van der Waals surface area contributed by atoms with Crippen LogP contribution in [0.2, 0.25) is 0 Å². The molecule has 0 aliphatic rings. The maximum Gasteiger partial charge on any atom is 0.288 e. The Morgan fingerprint density at radius 1 is 1.32 bits per heavy atom. The van der Waals surface area contributed by atoms with E-state index in [0.29, 0.717) is 0 Å². The van der Waals surface area contributed by atoms with Gasteiger partial charge in [0.2, 0.25) is 0 Å². The molecule has 0 bridgehead atoms. The largest absolute Gasteiger partial charge is 0.324 e. The van der Waals surface area contributed by atoms with Crippen LogP contribution in [-0.4, -0.2) is 29.4 Å². The molecular weight excluding hydrogens is 255 g/mol. The van der Waals surface area contributed by atoms with Gasteiger partial charge in [0.05, 0.1) is 12.4 Å². The molecule has 3 aromatic rings. The lowest BCUT2D eigenvalue weighted by atomic mass is 10.4. The second-order valence-electron chi connectivity index (χ2n) is 3.79. The van der Waals surface area contributed by atoms with Crippen LogP contribution in [0.3, 0.4) is 0 Å². The standard InChI is InChI=1S/C10H7FN6O2/c1-5-15-17-9(6(11)2-14-17)10(19)16(5)7-3-13-8(18)4-12-7/h2-4H,1H3,(H,13,18). The van der Waals surface area contributed by atoms with Gasteiger partial charge in [0.15, 0.2) is 17.2 Å². The fourth-order valence-electron chi connectivity index (χ4n) is 1.75. The van der Waals surface area contributed by atoms with E-state index in [4.69, 9.17) is 0 Å². The Hall–Kier alpha value is -2.84. The van der Waals surface area contributed by atoms with Crippen molar-refractivity contribution in [1.82, 2.24) is 29.4 Å². The molecule has 0 saturated carbocycles. The number of nitrogens with one attached hydrogen (secondary N) is 1. The first-order valence-corrected chi connectivity index (χ1v) is 5.26. The maximum absolute atomic E-state index is 13.5. The quantitative estimate of drug-likeness (QED) is 0.632. The molecule has 0 fully saturated rings. The highest BCUT2D eigenvalue weighted by Gasteiger charge is 2.15. The summed E-state index contributed by atoms with van der Waals surface area (Å²) in [6.07, 6.45) is 3.19. The lowest BCUT2D eigenvalue weighted by molar-refractivity contribution is 0.633. The van der Waals surface area contributed by atoms with Crippen molar-refractivity contribution in [3.05, 3.63) is 50.9 Å². The van der Waals surface area contributed by atoms with Crippen LogP contribution in [0.5, 0.6) is 0 Å². The molecule has 0 aliphatic carbocycles. The molecule has 0 saturated heterocycles. The number of fused-ring (bicyclic) bond motifs is 1. The summed E-state index contributed by atoms with van der Waals surface area (Å²) >= 11 is 0. The third-order valence-corrected chi connectivity index (χ3v) is 2.56. The van der Waals surface area contributed by atoms with Crippen molar-refractivity contribution >= 4 is 5.52 Å².